The van der Waals surface area contributed by atoms with Gasteiger partial charge in [0.15, 0.2) is 0 Å². The summed E-state index contributed by atoms with van der Waals surface area (Å²) in [5, 5.41) is 16.0. The maximum atomic E-state index is 5.46. The molecule has 0 aliphatic heterocycles. The van der Waals surface area contributed by atoms with Gasteiger partial charge in [-0.05, 0) is 5.92 Å². The molecule has 0 unspecified atom stereocenters. The molecule has 0 bridgehead atoms. The van der Waals surface area contributed by atoms with Crippen molar-refractivity contribution < 1.29 is 4.42 Å². The predicted molar refractivity (Wildman–Crippen MR) is 75.3 cm³/mol. The number of hydrogen-bond donors (Lipinski definition) is 1. The van der Waals surface area contributed by atoms with Gasteiger partial charge in [0.2, 0.25) is 16.9 Å². The summed E-state index contributed by atoms with van der Waals surface area (Å²) in [6.07, 6.45) is 7.16. The van der Waals surface area contributed by atoms with Crippen LogP contribution in [0.1, 0.15) is 50.2 Å². The van der Waals surface area contributed by atoms with Crippen LogP contribution in [-0.2, 0) is 18.6 Å². The first kappa shape index (κ1) is 13.6. The van der Waals surface area contributed by atoms with Crippen LogP contribution >= 0.6 is 11.8 Å². The standard InChI is InChI=1S/C13H19N5OS/c1-2-11-16-17-12(19-11)8-20-13-14-10(15-18-13)7-9-5-3-4-6-9/h9H,2-8H2,1H3,(H,14,15,18). The minimum atomic E-state index is 0.619. The van der Waals surface area contributed by atoms with Crippen molar-refractivity contribution in [1.29, 1.82) is 0 Å². The van der Waals surface area contributed by atoms with Crippen molar-refractivity contribution in [2.45, 2.75) is 56.4 Å². The van der Waals surface area contributed by atoms with Crippen molar-refractivity contribution in [1.82, 2.24) is 25.4 Å². The lowest BCUT2D eigenvalue weighted by Crippen LogP contribution is -2.00. The lowest BCUT2D eigenvalue weighted by atomic mass is 10.0. The molecule has 7 heteroatoms. The van der Waals surface area contributed by atoms with Crippen molar-refractivity contribution in [2.75, 3.05) is 0 Å². The van der Waals surface area contributed by atoms with E-state index in [2.05, 4.69) is 25.4 Å². The molecule has 108 valence electrons. The summed E-state index contributed by atoms with van der Waals surface area (Å²) < 4.78 is 5.46. The first-order valence-corrected chi connectivity index (χ1v) is 8.17. The Hall–Kier alpha value is -1.37. The maximum absolute atomic E-state index is 5.46. The number of H-pyrrole nitrogens is 1. The van der Waals surface area contributed by atoms with Gasteiger partial charge in [0.1, 0.15) is 5.82 Å². The number of nitrogens with zero attached hydrogens (tertiary/aromatic N) is 4. The van der Waals surface area contributed by atoms with Gasteiger partial charge >= 0.3 is 0 Å². The van der Waals surface area contributed by atoms with Crippen molar-refractivity contribution in [3.8, 4) is 0 Å². The summed E-state index contributed by atoms with van der Waals surface area (Å²) in [6.45, 7) is 2.00. The molecule has 2 aromatic heterocycles. The highest BCUT2D eigenvalue weighted by atomic mass is 32.2. The van der Waals surface area contributed by atoms with Crippen LogP contribution in [0.15, 0.2) is 9.57 Å². The molecule has 0 saturated heterocycles. The molecule has 0 aromatic carbocycles. The lowest BCUT2D eigenvalue weighted by Gasteiger charge is -2.03. The lowest BCUT2D eigenvalue weighted by molar-refractivity contribution is 0.470. The molecule has 1 saturated carbocycles. The Bertz CT molecular complexity index is 546. The summed E-state index contributed by atoms with van der Waals surface area (Å²) in [5.74, 6) is 3.71. The van der Waals surface area contributed by atoms with Gasteiger partial charge < -0.3 is 4.42 Å². The maximum Gasteiger partial charge on any atom is 0.226 e. The van der Waals surface area contributed by atoms with E-state index in [9.17, 15) is 0 Å². The molecule has 20 heavy (non-hydrogen) atoms. The molecule has 1 aliphatic carbocycles. The first-order chi connectivity index (χ1) is 9.83. The third-order valence-electron chi connectivity index (χ3n) is 3.60. The summed E-state index contributed by atoms with van der Waals surface area (Å²) in [4.78, 5) is 4.52. The second-order valence-corrected chi connectivity index (χ2v) is 6.09. The topological polar surface area (TPSA) is 80.5 Å². The highest BCUT2D eigenvalue weighted by Crippen LogP contribution is 2.27. The zero-order chi connectivity index (χ0) is 13.8. The molecule has 6 nitrogen and oxygen atoms in total. The molecular formula is C13H19N5OS. The monoisotopic (exact) mass is 293 g/mol. The van der Waals surface area contributed by atoms with E-state index < -0.39 is 0 Å². The fourth-order valence-electron chi connectivity index (χ4n) is 2.54. The van der Waals surface area contributed by atoms with Crippen molar-refractivity contribution in [2.24, 2.45) is 5.92 Å². The van der Waals surface area contributed by atoms with Gasteiger partial charge in [-0.25, -0.2) is 4.98 Å². The van der Waals surface area contributed by atoms with Crippen LogP contribution in [0, 0.1) is 5.92 Å². The third kappa shape index (κ3) is 3.39. The SMILES string of the molecule is CCc1nnc(CSc2n[nH]c(CC3CCCC3)n2)o1. The minimum absolute atomic E-state index is 0.619. The van der Waals surface area contributed by atoms with Gasteiger partial charge in [-0.3, -0.25) is 5.10 Å². The summed E-state index contributed by atoms with van der Waals surface area (Å²) >= 11 is 1.53. The van der Waals surface area contributed by atoms with Crippen LogP contribution < -0.4 is 0 Å². The van der Waals surface area contributed by atoms with Crippen LogP contribution in [0.4, 0.5) is 0 Å². The fourth-order valence-corrected chi connectivity index (χ4v) is 3.19. The molecular weight excluding hydrogens is 274 g/mol. The van der Waals surface area contributed by atoms with E-state index in [-0.39, 0.29) is 0 Å². The normalized spacial score (nSPS) is 16.1. The number of rotatable bonds is 6. The molecule has 1 aliphatic rings. The fraction of sp³-hybridized carbons (Fsp3) is 0.692. The van der Waals surface area contributed by atoms with Gasteiger partial charge in [0, 0.05) is 12.8 Å². The van der Waals surface area contributed by atoms with Gasteiger partial charge in [0.25, 0.3) is 0 Å². The molecule has 0 spiro atoms. The Labute approximate surface area is 122 Å². The van der Waals surface area contributed by atoms with Crippen LogP contribution in [0.5, 0.6) is 0 Å². The van der Waals surface area contributed by atoms with Gasteiger partial charge in [-0.15, -0.1) is 15.3 Å². The van der Waals surface area contributed by atoms with Gasteiger partial charge in [-0.2, -0.15) is 0 Å². The third-order valence-corrected chi connectivity index (χ3v) is 4.44. The van der Waals surface area contributed by atoms with Crippen LogP contribution in [0.25, 0.3) is 0 Å². The molecule has 0 amide bonds. The average molecular weight is 293 g/mol. The van der Waals surface area contributed by atoms with E-state index in [0.29, 0.717) is 17.5 Å². The van der Waals surface area contributed by atoms with E-state index in [1.165, 1.54) is 37.4 Å². The second-order valence-electron chi connectivity index (χ2n) is 5.15. The molecule has 1 N–H and O–H groups in total. The Kier molecular flexibility index (Phi) is 4.34. The number of aryl methyl sites for hydroxylation is 1. The highest BCUT2D eigenvalue weighted by Gasteiger charge is 2.17. The molecule has 2 heterocycles. The highest BCUT2D eigenvalue weighted by molar-refractivity contribution is 7.98. The number of thioether (sulfide) groups is 1. The summed E-state index contributed by atoms with van der Waals surface area (Å²) in [7, 11) is 0. The van der Waals surface area contributed by atoms with Gasteiger partial charge in [0.05, 0.1) is 5.75 Å². The molecule has 3 rings (SSSR count). The minimum Gasteiger partial charge on any atom is -0.424 e. The van der Waals surface area contributed by atoms with E-state index in [4.69, 9.17) is 4.42 Å². The zero-order valence-corrected chi connectivity index (χ0v) is 12.4. The zero-order valence-electron chi connectivity index (χ0n) is 11.6. The predicted octanol–water partition coefficient (Wildman–Crippen LogP) is 2.78. The van der Waals surface area contributed by atoms with Crippen molar-refractivity contribution >= 4 is 11.8 Å². The number of aromatic amines is 1. The summed E-state index contributed by atoms with van der Waals surface area (Å²) in [5.41, 5.74) is 0. The van der Waals surface area contributed by atoms with Crippen LogP contribution in [0.2, 0.25) is 0 Å². The van der Waals surface area contributed by atoms with Crippen LogP contribution in [-0.4, -0.2) is 25.4 Å². The van der Waals surface area contributed by atoms with E-state index in [1.54, 1.807) is 0 Å². The molecule has 2 aromatic rings. The Morgan fingerprint density at radius 1 is 1.25 bits per heavy atom. The average Bonchev–Trinajstić information content (AvgIpc) is 3.18. The van der Waals surface area contributed by atoms with E-state index in [1.807, 2.05) is 6.92 Å². The Balaban J connectivity index is 1.51. The van der Waals surface area contributed by atoms with E-state index in [0.717, 1.165) is 29.7 Å². The van der Waals surface area contributed by atoms with E-state index >= 15 is 0 Å². The van der Waals surface area contributed by atoms with Crippen molar-refractivity contribution in [3.63, 3.8) is 0 Å². The summed E-state index contributed by atoms with van der Waals surface area (Å²) in [6, 6.07) is 0. The Morgan fingerprint density at radius 3 is 2.80 bits per heavy atom. The molecule has 0 atom stereocenters. The smallest absolute Gasteiger partial charge is 0.226 e. The number of hydrogen-bond acceptors (Lipinski definition) is 6. The number of nitrogens with one attached hydrogen (secondary N) is 1. The quantitative estimate of drug-likeness (QED) is 0.825. The largest absolute Gasteiger partial charge is 0.424 e. The molecule has 0 radical (unpaired) electrons. The first-order valence-electron chi connectivity index (χ1n) is 7.19. The Morgan fingerprint density at radius 2 is 2.05 bits per heavy atom. The number of aromatic nitrogens is 5. The van der Waals surface area contributed by atoms with Crippen molar-refractivity contribution in [3.05, 3.63) is 17.6 Å². The second kappa shape index (κ2) is 6.39. The molecule has 1 fully saturated rings. The van der Waals surface area contributed by atoms with Crippen LogP contribution in [0.3, 0.4) is 0 Å². The van der Waals surface area contributed by atoms with Gasteiger partial charge in [-0.1, -0.05) is 44.4 Å².